The van der Waals surface area contributed by atoms with Crippen LogP contribution in [0.2, 0.25) is 0 Å². The minimum atomic E-state index is 1.15. The van der Waals surface area contributed by atoms with Crippen molar-refractivity contribution in [2.24, 2.45) is 0 Å². The Labute approximate surface area is 102 Å². The zero-order chi connectivity index (χ0) is 11.8. The second kappa shape index (κ2) is 3.81. The van der Waals surface area contributed by atoms with Gasteiger partial charge in [-0.3, -0.25) is 0 Å². The summed E-state index contributed by atoms with van der Waals surface area (Å²) in [5.74, 6) is 0. The molecule has 0 heterocycles. The summed E-state index contributed by atoms with van der Waals surface area (Å²) >= 11 is 0. The maximum Gasteiger partial charge on any atom is 0.0340 e. The lowest BCUT2D eigenvalue weighted by molar-refractivity contribution is 1.47. The Morgan fingerprint density at radius 3 is 1.59 bits per heavy atom. The first-order chi connectivity index (χ1) is 8.31. The average molecular weight is 223 g/mol. The Kier molecular flexibility index (Phi) is 2.29. The van der Waals surface area contributed by atoms with Gasteiger partial charge in [-0.05, 0) is 46.5 Å². The smallest absolute Gasteiger partial charge is 0.0340 e. The van der Waals surface area contributed by atoms with E-state index in [1.54, 1.807) is 0 Å². The molecule has 17 heavy (non-hydrogen) atoms. The standard InChI is InChI=1S/C15H15N2/c1-16-12-3-5-14-10(8-12)7-11-9-13(17-2)4-6-15(11)14/h3-9,16-17H,1-2H3. The summed E-state index contributed by atoms with van der Waals surface area (Å²) in [6.07, 6.45) is 2.24. The Bertz CT molecular complexity index is 522. The highest BCUT2D eigenvalue weighted by Gasteiger charge is 2.18. The van der Waals surface area contributed by atoms with Crippen LogP contribution >= 0.6 is 0 Å². The molecule has 0 fully saturated rings. The van der Waals surface area contributed by atoms with Gasteiger partial charge in [0, 0.05) is 31.9 Å². The Balaban J connectivity index is 2.10. The van der Waals surface area contributed by atoms with Crippen molar-refractivity contribution in [3.63, 3.8) is 0 Å². The van der Waals surface area contributed by atoms with Gasteiger partial charge in [0.25, 0.3) is 0 Å². The van der Waals surface area contributed by atoms with Crippen LogP contribution in [-0.2, 0) is 0 Å². The van der Waals surface area contributed by atoms with Crippen LogP contribution in [0.3, 0.4) is 0 Å². The van der Waals surface area contributed by atoms with Crippen LogP contribution in [0, 0.1) is 6.42 Å². The molecule has 0 atom stereocenters. The third kappa shape index (κ3) is 1.57. The van der Waals surface area contributed by atoms with Crippen molar-refractivity contribution in [2.75, 3.05) is 24.7 Å². The van der Waals surface area contributed by atoms with E-state index >= 15 is 0 Å². The van der Waals surface area contributed by atoms with E-state index in [1.807, 2.05) is 14.1 Å². The number of nitrogens with one attached hydrogen (secondary N) is 2. The molecule has 1 aliphatic rings. The molecule has 0 saturated carbocycles. The van der Waals surface area contributed by atoms with Crippen molar-refractivity contribution in [1.29, 1.82) is 0 Å². The van der Waals surface area contributed by atoms with Gasteiger partial charge in [-0.2, -0.15) is 0 Å². The highest BCUT2D eigenvalue weighted by atomic mass is 14.8. The highest BCUT2D eigenvalue weighted by molar-refractivity contribution is 5.84. The SMILES string of the molecule is CNc1ccc2c(c1)[CH]c1cc(NC)ccc1-2. The van der Waals surface area contributed by atoms with Crippen molar-refractivity contribution < 1.29 is 0 Å². The Hall–Kier alpha value is -1.96. The molecule has 1 radical (unpaired) electrons. The molecular weight excluding hydrogens is 208 g/mol. The van der Waals surface area contributed by atoms with Gasteiger partial charge < -0.3 is 10.6 Å². The lowest BCUT2D eigenvalue weighted by Gasteiger charge is -2.05. The van der Waals surface area contributed by atoms with Crippen molar-refractivity contribution in [1.82, 2.24) is 0 Å². The molecule has 0 bridgehead atoms. The maximum absolute atomic E-state index is 3.17. The number of rotatable bonds is 2. The molecule has 2 N–H and O–H groups in total. The van der Waals surface area contributed by atoms with E-state index in [2.05, 4.69) is 53.5 Å². The van der Waals surface area contributed by atoms with Crippen LogP contribution in [0.25, 0.3) is 11.1 Å². The second-order valence-electron chi connectivity index (χ2n) is 4.25. The largest absolute Gasteiger partial charge is 0.388 e. The topological polar surface area (TPSA) is 24.1 Å². The lowest BCUT2D eigenvalue weighted by Crippen LogP contribution is -1.88. The second-order valence-corrected chi connectivity index (χ2v) is 4.25. The molecule has 3 rings (SSSR count). The molecule has 0 aromatic heterocycles. The molecule has 0 unspecified atom stereocenters. The molecule has 2 heteroatoms. The average Bonchev–Trinajstić information content (AvgIpc) is 2.74. The highest BCUT2D eigenvalue weighted by Crippen LogP contribution is 2.40. The van der Waals surface area contributed by atoms with E-state index in [4.69, 9.17) is 0 Å². The van der Waals surface area contributed by atoms with Crippen LogP contribution in [0.15, 0.2) is 36.4 Å². The summed E-state index contributed by atoms with van der Waals surface area (Å²) in [5.41, 5.74) is 7.53. The summed E-state index contributed by atoms with van der Waals surface area (Å²) in [7, 11) is 3.89. The van der Waals surface area contributed by atoms with Gasteiger partial charge in [0.15, 0.2) is 0 Å². The fourth-order valence-electron chi connectivity index (χ4n) is 2.33. The number of benzene rings is 2. The van der Waals surface area contributed by atoms with Crippen molar-refractivity contribution in [3.05, 3.63) is 53.9 Å². The molecule has 0 amide bonds. The first-order valence-electron chi connectivity index (χ1n) is 5.80. The van der Waals surface area contributed by atoms with Crippen LogP contribution < -0.4 is 10.6 Å². The predicted molar refractivity (Wildman–Crippen MR) is 73.5 cm³/mol. The van der Waals surface area contributed by atoms with Gasteiger partial charge in [0.2, 0.25) is 0 Å². The molecule has 2 aromatic rings. The fraction of sp³-hybridized carbons (Fsp3) is 0.133. The first kappa shape index (κ1) is 10.2. The number of fused-ring (bicyclic) bond motifs is 3. The van der Waals surface area contributed by atoms with Crippen molar-refractivity contribution >= 4 is 11.4 Å². The molecule has 0 spiro atoms. The van der Waals surface area contributed by atoms with Gasteiger partial charge in [0.1, 0.15) is 0 Å². The van der Waals surface area contributed by atoms with E-state index in [0.29, 0.717) is 0 Å². The Morgan fingerprint density at radius 1 is 0.706 bits per heavy atom. The molecule has 2 nitrogen and oxygen atoms in total. The van der Waals surface area contributed by atoms with E-state index in [1.165, 1.54) is 22.3 Å². The quantitative estimate of drug-likeness (QED) is 0.696. The van der Waals surface area contributed by atoms with Crippen LogP contribution in [0.5, 0.6) is 0 Å². The molecular formula is C15H15N2. The normalized spacial score (nSPS) is 11.9. The predicted octanol–water partition coefficient (Wildman–Crippen LogP) is 3.35. The number of hydrogen-bond acceptors (Lipinski definition) is 2. The third-order valence-electron chi connectivity index (χ3n) is 3.28. The molecule has 85 valence electrons. The molecule has 1 aliphatic carbocycles. The molecule has 2 aromatic carbocycles. The minimum absolute atomic E-state index is 1.15. The van der Waals surface area contributed by atoms with Crippen molar-refractivity contribution in [3.8, 4) is 11.1 Å². The summed E-state index contributed by atoms with van der Waals surface area (Å²) in [6.45, 7) is 0. The van der Waals surface area contributed by atoms with Crippen LogP contribution in [0.4, 0.5) is 11.4 Å². The van der Waals surface area contributed by atoms with Gasteiger partial charge in [-0.1, -0.05) is 12.1 Å². The monoisotopic (exact) mass is 223 g/mol. The van der Waals surface area contributed by atoms with Gasteiger partial charge in [-0.15, -0.1) is 0 Å². The van der Waals surface area contributed by atoms with Gasteiger partial charge >= 0.3 is 0 Å². The van der Waals surface area contributed by atoms with Crippen LogP contribution in [0.1, 0.15) is 11.1 Å². The van der Waals surface area contributed by atoms with Crippen LogP contribution in [-0.4, -0.2) is 14.1 Å². The lowest BCUT2D eigenvalue weighted by atomic mass is 10.1. The maximum atomic E-state index is 3.17. The van der Waals surface area contributed by atoms with Gasteiger partial charge in [0.05, 0.1) is 0 Å². The summed E-state index contributed by atoms with van der Waals surface area (Å²) in [6, 6.07) is 13.0. The van der Waals surface area contributed by atoms with E-state index < -0.39 is 0 Å². The third-order valence-corrected chi connectivity index (χ3v) is 3.28. The van der Waals surface area contributed by atoms with E-state index in [0.717, 1.165) is 11.4 Å². The first-order valence-corrected chi connectivity index (χ1v) is 5.80. The molecule has 0 saturated heterocycles. The summed E-state index contributed by atoms with van der Waals surface area (Å²) < 4.78 is 0. The van der Waals surface area contributed by atoms with Crippen molar-refractivity contribution in [2.45, 2.75) is 0 Å². The summed E-state index contributed by atoms with van der Waals surface area (Å²) in [4.78, 5) is 0. The zero-order valence-corrected chi connectivity index (χ0v) is 10.0. The van der Waals surface area contributed by atoms with Gasteiger partial charge in [-0.25, -0.2) is 0 Å². The molecule has 0 aliphatic heterocycles. The zero-order valence-electron chi connectivity index (χ0n) is 10.0. The summed E-state index contributed by atoms with van der Waals surface area (Å²) in [5, 5.41) is 6.35. The van der Waals surface area contributed by atoms with E-state index in [9.17, 15) is 0 Å². The minimum Gasteiger partial charge on any atom is -0.388 e. The van der Waals surface area contributed by atoms with E-state index in [-0.39, 0.29) is 0 Å². The number of hydrogen-bond donors (Lipinski definition) is 2. The fourth-order valence-corrected chi connectivity index (χ4v) is 2.33. The number of anilines is 2. The Morgan fingerprint density at radius 2 is 1.18 bits per heavy atom.